The van der Waals surface area contributed by atoms with Crippen LogP contribution in [0, 0.1) is 5.92 Å². The number of nitrogens with zero attached hydrogens (tertiary/aromatic N) is 1. The zero-order valence-corrected chi connectivity index (χ0v) is 11.0. The largest absolute Gasteiger partial charge is 0.393 e. The molecule has 1 amide bonds. The lowest BCUT2D eigenvalue weighted by Crippen LogP contribution is -2.36. The highest BCUT2D eigenvalue weighted by atomic mass is 16.3. The molecular formula is C15H20N2O2. The van der Waals surface area contributed by atoms with Crippen molar-refractivity contribution >= 4 is 12.0 Å². The molecule has 1 fully saturated rings. The number of nitrogens with one attached hydrogen (secondary N) is 1. The number of rotatable bonds is 4. The Kier molecular flexibility index (Phi) is 5.10. The van der Waals surface area contributed by atoms with Gasteiger partial charge < -0.3 is 10.4 Å². The molecular weight excluding hydrogens is 240 g/mol. The zero-order valence-electron chi connectivity index (χ0n) is 11.0. The summed E-state index contributed by atoms with van der Waals surface area (Å²) in [5.41, 5.74) is 0.898. The van der Waals surface area contributed by atoms with Crippen LogP contribution < -0.4 is 5.32 Å². The molecule has 0 spiro atoms. The van der Waals surface area contributed by atoms with Crippen molar-refractivity contribution in [3.8, 4) is 0 Å². The van der Waals surface area contributed by atoms with E-state index in [2.05, 4.69) is 10.3 Å². The van der Waals surface area contributed by atoms with E-state index in [1.54, 1.807) is 18.5 Å². The Morgan fingerprint density at radius 1 is 1.47 bits per heavy atom. The Balaban J connectivity index is 1.77. The molecule has 0 saturated heterocycles. The molecule has 1 heterocycles. The summed E-state index contributed by atoms with van der Waals surface area (Å²) in [5, 5.41) is 12.7. The predicted molar refractivity (Wildman–Crippen MR) is 74.2 cm³/mol. The van der Waals surface area contributed by atoms with E-state index in [-0.39, 0.29) is 17.9 Å². The molecule has 0 radical (unpaired) electrons. The first-order chi connectivity index (χ1) is 9.25. The van der Waals surface area contributed by atoms with Crippen LogP contribution in [0.2, 0.25) is 0 Å². The summed E-state index contributed by atoms with van der Waals surface area (Å²) in [6.07, 6.45) is 10.5. The lowest BCUT2D eigenvalue weighted by Gasteiger charge is -2.27. The average Bonchev–Trinajstić information content (AvgIpc) is 2.45. The lowest BCUT2D eigenvalue weighted by molar-refractivity contribution is -0.116. The van der Waals surface area contributed by atoms with E-state index in [0.29, 0.717) is 6.54 Å². The maximum absolute atomic E-state index is 11.7. The van der Waals surface area contributed by atoms with Crippen molar-refractivity contribution in [1.29, 1.82) is 0 Å². The van der Waals surface area contributed by atoms with Gasteiger partial charge in [0.2, 0.25) is 5.91 Å². The van der Waals surface area contributed by atoms with Crippen LogP contribution in [0.25, 0.3) is 6.08 Å². The Bertz CT molecular complexity index is 431. The highest BCUT2D eigenvalue weighted by molar-refractivity contribution is 5.91. The predicted octanol–water partition coefficient (Wildman–Crippen LogP) is 1.76. The van der Waals surface area contributed by atoms with Gasteiger partial charge in [-0.25, -0.2) is 0 Å². The van der Waals surface area contributed by atoms with E-state index in [9.17, 15) is 9.90 Å². The van der Waals surface area contributed by atoms with E-state index < -0.39 is 0 Å². The van der Waals surface area contributed by atoms with E-state index in [0.717, 1.165) is 31.2 Å². The van der Waals surface area contributed by atoms with E-state index >= 15 is 0 Å². The van der Waals surface area contributed by atoms with Crippen LogP contribution in [-0.2, 0) is 4.79 Å². The molecule has 0 aromatic carbocycles. The normalized spacial score (nSPS) is 23.4. The fourth-order valence-electron chi connectivity index (χ4n) is 2.36. The monoisotopic (exact) mass is 260 g/mol. The third-order valence-corrected chi connectivity index (χ3v) is 3.52. The van der Waals surface area contributed by atoms with Gasteiger partial charge in [0.05, 0.1) is 6.10 Å². The minimum atomic E-state index is -0.267. The van der Waals surface area contributed by atoms with Crippen LogP contribution in [0.1, 0.15) is 31.2 Å². The highest BCUT2D eigenvalue weighted by Gasteiger charge is 2.22. The number of carbonyl (C=O) groups excluding carboxylic acids is 1. The maximum atomic E-state index is 11.7. The fraction of sp³-hybridized carbons (Fsp3) is 0.467. The summed E-state index contributed by atoms with van der Waals surface area (Å²) in [4.78, 5) is 15.6. The van der Waals surface area contributed by atoms with Crippen molar-refractivity contribution in [2.24, 2.45) is 5.92 Å². The second-order valence-electron chi connectivity index (χ2n) is 4.98. The summed E-state index contributed by atoms with van der Waals surface area (Å²) in [6.45, 7) is 0.553. The Morgan fingerprint density at radius 2 is 2.32 bits per heavy atom. The standard InChI is InChI=1S/C15H20N2O2/c18-14-6-2-1-5-13(14)11-17-15(19)8-7-12-4-3-9-16-10-12/h3-4,7-10,13-14,18H,1-2,5-6,11H2,(H,17,19). The van der Waals surface area contributed by atoms with E-state index in [1.165, 1.54) is 6.08 Å². The molecule has 0 bridgehead atoms. The van der Waals surface area contributed by atoms with Gasteiger partial charge in [-0.15, -0.1) is 0 Å². The molecule has 1 aromatic heterocycles. The minimum Gasteiger partial charge on any atom is -0.393 e. The molecule has 2 N–H and O–H groups in total. The number of aliphatic hydroxyl groups excluding tert-OH is 1. The van der Waals surface area contributed by atoms with Gasteiger partial charge in [-0.05, 0) is 30.5 Å². The molecule has 4 heteroatoms. The van der Waals surface area contributed by atoms with Gasteiger partial charge in [0, 0.05) is 30.9 Å². The minimum absolute atomic E-state index is 0.123. The summed E-state index contributed by atoms with van der Waals surface area (Å²) < 4.78 is 0. The van der Waals surface area contributed by atoms with Crippen LogP contribution in [0.3, 0.4) is 0 Å². The number of hydrogen-bond donors (Lipinski definition) is 2. The second kappa shape index (κ2) is 7.04. The van der Waals surface area contributed by atoms with E-state index in [1.807, 2.05) is 12.1 Å². The number of hydrogen-bond acceptors (Lipinski definition) is 3. The SMILES string of the molecule is O=C(C=Cc1cccnc1)NCC1CCCCC1O. The smallest absolute Gasteiger partial charge is 0.244 e. The number of pyridine rings is 1. The van der Waals surface area contributed by atoms with Gasteiger partial charge in [0.25, 0.3) is 0 Å². The maximum Gasteiger partial charge on any atom is 0.244 e. The molecule has 1 aliphatic carbocycles. The van der Waals surface area contributed by atoms with Crippen molar-refractivity contribution in [3.05, 3.63) is 36.2 Å². The molecule has 2 unspecified atom stereocenters. The fourth-order valence-corrected chi connectivity index (χ4v) is 2.36. The van der Waals surface area contributed by atoms with Gasteiger partial charge in [-0.2, -0.15) is 0 Å². The molecule has 102 valence electrons. The number of carbonyl (C=O) groups is 1. The summed E-state index contributed by atoms with van der Waals surface area (Å²) in [7, 11) is 0. The molecule has 2 rings (SSSR count). The lowest BCUT2D eigenvalue weighted by atomic mass is 9.86. The quantitative estimate of drug-likeness (QED) is 0.811. The van der Waals surface area contributed by atoms with Gasteiger partial charge in [-0.3, -0.25) is 9.78 Å². The third-order valence-electron chi connectivity index (χ3n) is 3.52. The first-order valence-electron chi connectivity index (χ1n) is 6.80. The Hall–Kier alpha value is -1.68. The molecule has 4 nitrogen and oxygen atoms in total. The highest BCUT2D eigenvalue weighted by Crippen LogP contribution is 2.23. The van der Waals surface area contributed by atoms with E-state index in [4.69, 9.17) is 0 Å². The van der Waals surface area contributed by atoms with Crippen molar-refractivity contribution in [3.63, 3.8) is 0 Å². The topological polar surface area (TPSA) is 62.2 Å². The summed E-state index contributed by atoms with van der Waals surface area (Å²) >= 11 is 0. The van der Waals surface area contributed by atoms with Gasteiger partial charge in [0.1, 0.15) is 0 Å². The van der Waals surface area contributed by atoms with Crippen LogP contribution in [-0.4, -0.2) is 28.6 Å². The zero-order chi connectivity index (χ0) is 13.5. The number of aromatic nitrogens is 1. The third kappa shape index (κ3) is 4.48. The number of amides is 1. The molecule has 1 aromatic rings. The van der Waals surface area contributed by atoms with Crippen molar-refractivity contribution in [2.75, 3.05) is 6.54 Å². The van der Waals surface area contributed by atoms with Gasteiger partial charge in [-0.1, -0.05) is 18.9 Å². The molecule has 1 aliphatic rings. The van der Waals surface area contributed by atoms with Crippen LogP contribution in [0.15, 0.2) is 30.6 Å². The van der Waals surface area contributed by atoms with Crippen molar-refractivity contribution < 1.29 is 9.90 Å². The first-order valence-corrected chi connectivity index (χ1v) is 6.80. The van der Waals surface area contributed by atoms with Gasteiger partial charge in [0.15, 0.2) is 0 Å². The van der Waals surface area contributed by atoms with Crippen LogP contribution >= 0.6 is 0 Å². The summed E-state index contributed by atoms with van der Waals surface area (Å²) in [6, 6.07) is 3.72. The Labute approximate surface area is 113 Å². The second-order valence-corrected chi connectivity index (χ2v) is 4.98. The van der Waals surface area contributed by atoms with Crippen molar-refractivity contribution in [1.82, 2.24) is 10.3 Å². The molecule has 1 saturated carbocycles. The average molecular weight is 260 g/mol. The summed E-state index contributed by atoms with van der Waals surface area (Å²) in [5.74, 6) is 0.0751. The number of aliphatic hydroxyl groups is 1. The first kappa shape index (κ1) is 13.7. The molecule has 2 atom stereocenters. The van der Waals surface area contributed by atoms with Crippen LogP contribution in [0.4, 0.5) is 0 Å². The van der Waals surface area contributed by atoms with Crippen LogP contribution in [0.5, 0.6) is 0 Å². The van der Waals surface area contributed by atoms with Gasteiger partial charge >= 0.3 is 0 Å². The van der Waals surface area contributed by atoms with Crippen molar-refractivity contribution in [2.45, 2.75) is 31.8 Å². The molecule has 0 aliphatic heterocycles. The Morgan fingerprint density at radius 3 is 3.05 bits per heavy atom. The molecule has 19 heavy (non-hydrogen) atoms.